The zero-order valence-electron chi connectivity index (χ0n) is 31.4. The SMILES string of the molecule is COc1cc(N2CCC(CN3CCC4(CC3)CCN(c3cc5c(cc3OC)C(=O)N(C3CCC(=O)NC3=O)C5=O)CC4)CC2)c(-c2cnn(C)c2)cc1N. The molecular formula is C40H50N8O6. The van der Waals surface area contributed by atoms with Crippen LogP contribution in [0.15, 0.2) is 36.7 Å². The molecule has 2 aromatic carbocycles. The van der Waals surface area contributed by atoms with Crippen molar-refractivity contribution in [1.29, 1.82) is 0 Å². The number of imide groups is 2. The molecule has 54 heavy (non-hydrogen) atoms. The molecule has 1 aromatic heterocycles. The molecule has 4 amide bonds. The molecule has 14 nitrogen and oxygen atoms in total. The Morgan fingerprint density at radius 1 is 0.796 bits per heavy atom. The summed E-state index contributed by atoms with van der Waals surface area (Å²) in [7, 11) is 5.16. The van der Waals surface area contributed by atoms with Crippen molar-refractivity contribution in [3.05, 3.63) is 47.8 Å². The van der Waals surface area contributed by atoms with E-state index < -0.39 is 29.7 Å². The molecule has 8 rings (SSSR count). The number of amides is 4. The summed E-state index contributed by atoms with van der Waals surface area (Å²) in [5.74, 6) is -0.138. The maximum Gasteiger partial charge on any atom is 0.262 e. The Balaban J connectivity index is 0.857. The molecule has 0 bridgehead atoms. The van der Waals surface area contributed by atoms with Gasteiger partial charge >= 0.3 is 0 Å². The third kappa shape index (κ3) is 6.54. The van der Waals surface area contributed by atoms with Crippen LogP contribution in [0, 0.1) is 11.3 Å². The van der Waals surface area contributed by atoms with Crippen molar-refractivity contribution < 1.29 is 28.7 Å². The molecule has 14 heteroatoms. The van der Waals surface area contributed by atoms with Crippen LogP contribution in [0.3, 0.4) is 0 Å². The number of nitrogens with two attached hydrogens (primary N) is 1. The molecule has 4 saturated heterocycles. The predicted molar refractivity (Wildman–Crippen MR) is 204 cm³/mol. The molecule has 0 saturated carbocycles. The van der Waals surface area contributed by atoms with E-state index in [1.54, 1.807) is 26.4 Å². The molecule has 1 spiro atoms. The number of likely N-dealkylation sites (tertiary alicyclic amines) is 1. The number of carbonyl (C=O) groups is 4. The molecule has 286 valence electrons. The molecule has 3 N–H and O–H groups in total. The number of anilines is 3. The lowest BCUT2D eigenvalue weighted by molar-refractivity contribution is -0.136. The number of benzene rings is 2. The highest BCUT2D eigenvalue weighted by molar-refractivity contribution is 6.24. The number of aryl methyl sites for hydroxylation is 1. The van der Waals surface area contributed by atoms with Crippen molar-refractivity contribution >= 4 is 40.7 Å². The molecular weight excluding hydrogens is 688 g/mol. The van der Waals surface area contributed by atoms with Crippen molar-refractivity contribution in [3.63, 3.8) is 0 Å². The van der Waals surface area contributed by atoms with Crippen molar-refractivity contribution in [2.45, 2.75) is 57.4 Å². The largest absolute Gasteiger partial charge is 0.495 e. The minimum atomic E-state index is -0.997. The summed E-state index contributed by atoms with van der Waals surface area (Å²) in [6.45, 7) is 6.99. The topological polar surface area (TPSA) is 156 Å². The maximum absolute atomic E-state index is 13.5. The monoisotopic (exact) mass is 738 g/mol. The molecule has 5 aliphatic rings. The van der Waals surface area contributed by atoms with E-state index in [1.807, 2.05) is 30.2 Å². The van der Waals surface area contributed by atoms with E-state index in [0.29, 0.717) is 28.5 Å². The summed E-state index contributed by atoms with van der Waals surface area (Å²) < 4.78 is 13.2. The van der Waals surface area contributed by atoms with E-state index in [1.165, 1.54) is 12.8 Å². The van der Waals surface area contributed by atoms with Gasteiger partial charge in [-0.25, -0.2) is 0 Å². The molecule has 0 radical (unpaired) electrons. The summed E-state index contributed by atoms with van der Waals surface area (Å²) in [5.41, 5.74) is 11.8. The van der Waals surface area contributed by atoms with Crippen molar-refractivity contribution in [3.8, 4) is 22.6 Å². The second-order valence-electron chi connectivity index (χ2n) is 15.7. The Hall–Kier alpha value is -5.11. The highest BCUT2D eigenvalue weighted by Crippen LogP contribution is 2.45. The number of fused-ring (bicyclic) bond motifs is 1. The minimum absolute atomic E-state index is 0.0846. The van der Waals surface area contributed by atoms with Gasteiger partial charge in [-0.3, -0.25) is 34.1 Å². The zero-order chi connectivity index (χ0) is 37.7. The Bertz CT molecular complexity index is 1970. The Morgan fingerprint density at radius 3 is 2.07 bits per heavy atom. The zero-order valence-corrected chi connectivity index (χ0v) is 31.4. The molecule has 6 heterocycles. The van der Waals surface area contributed by atoms with E-state index in [9.17, 15) is 19.2 Å². The second kappa shape index (κ2) is 14.3. The van der Waals surface area contributed by atoms with Gasteiger partial charge in [0, 0.05) is 75.3 Å². The number of nitrogens with zero attached hydrogens (tertiary/aromatic N) is 6. The normalized spacial score (nSPS) is 22.2. The van der Waals surface area contributed by atoms with Gasteiger partial charge in [-0.15, -0.1) is 0 Å². The summed E-state index contributed by atoms with van der Waals surface area (Å²) in [5, 5.41) is 6.65. The van der Waals surface area contributed by atoms with Gasteiger partial charge in [0.25, 0.3) is 11.8 Å². The van der Waals surface area contributed by atoms with E-state index >= 15 is 0 Å². The van der Waals surface area contributed by atoms with Gasteiger partial charge in [0.15, 0.2) is 0 Å². The smallest absolute Gasteiger partial charge is 0.262 e. The van der Waals surface area contributed by atoms with Crippen molar-refractivity contribution in [2.75, 3.05) is 75.6 Å². The summed E-state index contributed by atoms with van der Waals surface area (Å²) in [4.78, 5) is 59.6. The van der Waals surface area contributed by atoms with E-state index in [0.717, 1.165) is 98.9 Å². The molecule has 3 aromatic rings. The summed E-state index contributed by atoms with van der Waals surface area (Å²) >= 11 is 0. The lowest BCUT2D eigenvalue weighted by atomic mass is 9.71. The van der Waals surface area contributed by atoms with Crippen molar-refractivity contribution in [2.24, 2.45) is 18.4 Å². The van der Waals surface area contributed by atoms with Gasteiger partial charge in [-0.2, -0.15) is 5.10 Å². The van der Waals surface area contributed by atoms with Crippen LogP contribution in [0.2, 0.25) is 0 Å². The third-order valence-electron chi connectivity index (χ3n) is 12.7. The second-order valence-corrected chi connectivity index (χ2v) is 15.7. The first-order valence-electron chi connectivity index (χ1n) is 19.2. The van der Waals surface area contributed by atoms with Gasteiger partial charge in [0.1, 0.15) is 17.5 Å². The number of aromatic nitrogens is 2. The highest BCUT2D eigenvalue weighted by Gasteiger charge is 2.46. The minimum Gasteiger partial charge on any atom is -0.495 e. The highest BCUT2D eigenvalue weighted by atomic mass is 16.5. The average molecular weight is 739 g/mol. The average Bonchev–Trinajstić information content (AvgIpc) is 3.72. The van der Waals surface area contributed by atoms with Crippen LogP contribution in [-0.4, -0.2) is 109 Å². The fourth-order valence-electron chi connectivity index (χ4n) is 9.37. The standard InChI is InChI=1S/C40H50N8O6/c1-44-24-26(22-42-44)27-18-30(41)34(53-2)21-32(27)46-12-6-25(7-13-46)23-45-14-8-40(9-15-45)10-16-47(17-11-40)33-19-28-29(20-35(33)54-3)39(52)48(38(28)51)31-4-5-36(49)43-37(31)50/h18-22,24-25,31H,4-17,23,41H2,1-3H3,(H,43,49,50). The maximum atomic E-state index is 13.5. The van der Waals surface area contributed by atoms with Gasteiger partial charge in [-0.1, -0.05) is 0 Å². The van der Waals surface area contributed by atoms with Crippen LogP contribution in [-0.2, 0) is 16.6 Å². The summed E-state index contributed by atoms with van der Waals surface area (Å²) in [6, 6.07) is 6.48. The lowest BCUT2D eigenvalue weighted by Crippen LogP contribution is -2.54. The summed E-state index contributed by atoms with van der Waals surface area (Å²) in [6.07, 6.45) is 10.9. The lowest BCUT2D eigenvalue weighted by Gasteiger charge is -2.48. The molecule has 1 atom stereocenters. The number of piperidine rings is 4. The molecule has 1 unspecified atom stereocenters. The number of methoxy groups -OCH3 is 2. The fourth-order valence-corrected chi connectivity index (χ4v) is 9.37. The molecule has 4 fully saturated rings. The number of nitrogen functional groups attached to an aromatic ring is 1. The van der Waals surface area contributed by atoms with Crippen molar-refractivity contribution in [1.82, 2.24) is 24.9 Å². The van der Waals surface area contributed by atoms with E-state index in [4.69, 9.17) is 15.2 Å². The van der Waals surface area contributed by atoms with Crippen LogP contribution < -0.4 is 30.3 Å². The first kappa shape index (κ1) is 35.9. The van der Waals surface area contributed by atoms with Crippen LogP contribution >= 0.6 is 0 Å². The van der Waals surface area contributed by atoms with Crippen LogP contribution in [0.25, 0.3) is 11.1 Å². The Labute approximate surface area is 315 Å². The van der Waals surface area contributed by atoms with Gasteiger partial charge in [-0.05, 0) is 87.6 Å². The van der Waals surface area contributed by atoms with Crippen LogP contribution in [0.1, 0.15) is 72.1 Å². The number of hydrogen-bond donors (Lipinski definition) is 2. The van der Waals surface area contributed by atoms with E-state index in [-0.39, 0.29) is 24.0 Å². The Morgan fingerprint density at radius 2 is 1.44 bits per heavy atom. The number of hydrogen-bond acceptors (Lipinski definition) is 11. The Kier molecular flexibility index (Phi) is 9.49. The number of carbonyl (C=O) groups excluding carboxylic acids is 4. The third-order valence-corrected chi connectivity index (χ3v) is 12.7. The van der Waals surface area contributed by atoms with Gasteiger partial charge in [0.2, 0.25) is 11.8 Å². The first-order chi connectivity index (χ1) is 26.1. The fraction of sp³-hybridized carbons (Fsp3) is 0.525. The predicted octanol–water partition coefficient (Wildman–Crippen LogP) is 3.69. The molecule has 0 aliphatic carbocycles. The van der Waals surface area contributed by atoms with Crippen LogP contribution in [0.4, 0.5) is 17.1 Å². The quantitative estimate of drug-likeness (QED) is 0.257. The van der Waals surface area contributed by atoms with E-state index in [2.05, 4.69) is 31.2 Å². The number of nitrogens with one attached hydrogen (secondary N) is 1. The van der Waals surface area contributed by atoms with Crippen LogP contribution in [0.5, 0.6) is 11.5 Å². The number of ether oxygens (including phenoxy) is 2. The van der Waals surface area contributed by atoms with Gasteiger partial charge < -0.3 is 29.9 Å². The molecule has 5 aliphatic heterocycles. The number of rotatable bonds is 8. The first-order valence-corrected chi connectivity index (χ1v) is 19.2. The van der Waals surface area contributed by atoms with Gasteiger partial charge in [0.05, 0.1) is 42.9 Å².